The van der Waals surface area contributed by atoms with Crippen molar-refractivity contribution in [3.63, 3.8) is 0 Å². The molecule has 4 N–H and O–H groups in total. The van der Waals surface area contributed by atoms with Crippen molar-refractivity contribution in [1.29, 1.82) is 0 Å². The van der Waals surface area contributed by atoms with Gasteiger partial charge < -0.3 is 20.9 Å². The number of nitrogens with one attached hydrogen (secondary N) is 1. The van der Waals surface area contributed by atoms with Gasteiger partial charge in [0, 0.05) is 13.1 Å². The van der Waals surface area contributed by atoms with Crippen LogP contribution >= 0.6 is 11.8 Å². The molecule has 0 aliphatic heterocycles. The molecule has 0 bridgehead atoms. The van der Waals surface area contributed by atoms with E-state index in [1.54, 1.807) is 6.08 Å². The fourth-order valence-electron chi connectivity index (χ4n) is 7.36. The van der Waals surface area contributed by atoms with Crippen LogP contribution in [0, 0.1) is 5.92 Å². The maximum atomic E-state index is 13.4. The van der Waals surface area contributed by atoms with E-state index in [9.17, 15) is 19.5 Å². The molecule has 9 nitrogen and oxygen atoms in total. The monoisotopic (exact) mass is 834 g/mol. The number of carbonyl (C=O) groups is 3. The van der Waals surface area contributed by atoms with Crippen molar-refractivity contribution in [2.24, 2.45) is 11.7 Å². The Morgan fingerprint density at radius 3 is 1.97 bits per heavy atom. The number of hydrogen-bond donors (Lipinski definition) is 3. The number of ether oxygens (including phenoxy) is 1. The number of benzene rings is 5. The number of aliphatic carboxylic acids is 1. The highest BCUT2D eigenvalue weighted by Crippen LogP contribution is 2.48. The Morgan fingerprint density at radius 2 is 1.34 bits per heavy atom. The van der Waals surface area contributed by atoms with E-state index in [1.807, 2.05) is 115 Å². The number of amides is 1. The van der Waals surface area contributed by atoms with Gasteiger partial charge in [-0.05, 0) is 69.3 Å². The third-order valence-electron chi connectivity index (χ3n) is 10.5. The Morgan fingerprint density at radius 1 is 0.770 bits per heavy atom. The minimum Gasteiger partial charge on any atom is -0.480 e. The van der Waals surface area contributed by atoms with Crippen LogP contribution in [0.2, 0.25) is 0 Å². The highest BCUT2D eigenvalue weighted by atomic mass is 32.2. The summed E-state index contributed by atoms with van der Waals surface area (Å²) in [5.74, 6) is -1.21. The van der Waals surface area contributed by atoms with Crippen LogP contribution in [0.15, 0.2) is 164 Å². The summed E-state index contributed by atoms with van der Waals surface area (Å²) < 4.78 is 5.37. The van der Waals surface area contributed by atoms with E-state index in [4.69, 9.17) is 15.5 Å². The van der Waals surface area contributed by atoms with Crippen molar-refractivity contribution in [1.82, 2.24) is 15.2 Å². The van der Waals surface area contributed by atoms with Gasteiger partial charge in [0.05, 0.1) is 35.6 Å². The zero-order chi connectivity index (χ0) is 43.0. The van der Waals surface area contributed by atoms with Gasteiger partial charge in [-0.15, -0.1) is 11.8 Å². The number of fused-ring (bicyclic) bond motifs is 1. The number of thioether (sulfide) groups is 1. The molecule has 0 saturated carbocycles. The van der Waals surface area contributed by atoms with Crippen LogP contribution in [0.1, 0.15) is 60.3 Å². The summed E-state index contributed by atoms with van der Waals surface area (Å²) in [6.45, 7) is 4.42. The average molecular weight is 835 g/mol. The minimum absolute atomic E-state index is 0.0979. The lowest BCUT2D eigenvalue weighted by molar-refractivity contribution is -0.150. The fourth-order valence-corrected chi connectivity index (χ4v) is 8.83. The van der Waals surface area contributed by atoms with E-state index in [1.165, 1.54) is 16.7 Å². The number of nitrogens with zero attached hydrogens (tertiary/aromatic N) is 2. The lowest BCUT2D eigenvalue weighted by atomic mass is 9.84. The maximum Gasteiger partial charge on any atom is 0.323 e. The third kappa shape index (κ3) is 12.3. The number of carbonyl (C=O) groups excluding carboxylic acids is 2. The summed E-state index contributed by atoms with van der Waals surface area (Å²) in [7, 11) is 0. The molecule has 1 heterocycles. The second kappa shape index (κ2) is 22.0. The lowest BCUT2D eigenvalue weighted by Crippen LogP contribution is -2.39. The molecule has 0 fully saturated rings. The number of carboxylic acids is 1. The van der Waals surface area contributed by atoms with E-state index in [0.29, 0.717) is 30.9 Å². The summed E-state index contributed by atoms with van der Waals surface area (Å²) in [6, 6.07) is 50.3. The quantitative estimate of drug-likeness (QED) is 0.0281. The summed E-state index contributed by atoms with van der Waals surface area (Å²) in [6.07, 6.45) is 3.48. The molecule has 2 atom stereocenters. The number of pyridine rings is 1. The first-order valence-electron chi connectivity index (χ1n) is 20.7. The molecule has 1 aromatic heterocycles. The van der Waals surface area contributed by atoms with Gasteiger partial charge in [0.15, 0.2) is 0 Å². The van der Waals surface area contributed by atoms with Gasteiger partial charge >= 0.3 is 11.9 Å². The number of esters is 1. The zero-order valence-electron chi connectivity index (χ0n) is 34.7. The molecule has 6 rings (SSSR count). The second-order valence-corrected chi connectivity index (χ2v) is 16.7. The standard InChI is InChI=1S/C51H54N4O5S/c1-37(2)49(52)50(59)60-45(29-14-15-31-61-51(40-21-6-3-7-22-40,41-23-8-4-9-24-41)42-25-10-5-11-26-42)32-47(56)53-33-43-27-17-28-44(54-43)35-55(36-48(57)58)34-39-20-16-19-38-18-12-13-30-46(38)39/h3-14,16-30,37,45,49H,15,31-36,52H2,1-2H3,(H,53,56)(H,57,58)/t45-,49+/m1/s1. The summed E-state index contributed by atoms with van der Waals surface area (Å²) in [4.78, 5) is 44.9. The SMILES string of the molecule is CC(C)[C@H](N)C(=O)O[C@H](C=CCCSC(c1ccccc1)(c1ccccc1)c1ccccc1)CC(=O)NCc1cccc(CN(CC(=O)O)Cc2cccc3ccccc23)n1. The average Bonchev–Trinajstić information content (AvgIpc) is 3.27. The largest absolute Gasteiger partial charge is 0.480 e. The van der Waals surface area contributed by atoms with Crippen LogP contribution in [0.25, 0.3) is 10.8 Å². The fraction of sp³-hybridized carbons (Fsp3) is 0.255. The van der Waals surface area contributed by atoms with Crippen LogP contribution in [0.4, 0.5) is 0 Å². The second-order valence-electron chi connectivity index (χ2n) is 15.4. The summed E-state index contributed by atoms with van der Waals surface area (Å²) in [5.41, 5.74) is 12.0. The molecule has 0 radical (unpaired) electrons. The Hall–Kier alpha value is -6.07. The predicted octanol–water partition coefficient (Wildman–Crippen LogP) is 8.89. The van der Waals surface area contributed by atoms with E-state index in [-0.39, 0.29) is 31.3 Å². The van der Waals surface area contributed by atoms with Gasteiger partial charge in [-0.25, -0.2) is 0 Å². The Balaban J connectivity index is 1.11. The molecule has 0 aliphatic carbocycles. The van der Waals surface area contributed by atoms with Gasteiger partial charge in [-0.3, -0.25) is 24.3 Å². The molecule has 61 heavy (non-hydrogen) atoms. The van der Waals surface area contributed by atoms with E-state index >= 15 is 0 Å². The molecule has 5 aromatic carbocycles. The number of aromatic nitrogens is 1. The van der Waals surface area contributed by atoms with Crippen molar-refractivity contribution >= 4 is 40.4 Å². The molecule has 1 amide bonds. The Bertz CT molecular complexity index is 2270. The highest BCUT2D eigenvalue weighted by Gasteiger charge is 2.36. The molecular formula is C51H54N4O5S. The van der Waals surface area contributed by atoms with Crippen LogP contribution in [-0.2, 0) is 43.5 Å². The summed E-state index contributed by atoms with van der Waals surface area (Å²) in [5, 5.41) is 14.8. The highest BCUT2D eigenvalue weighted by molar-refractivity contribution is 8.00. The topological polar surface area (TPSA) is 135 Å². The molecule has 0 spiro atoms. The number of nitrogens with two attached hydrogens (primary N) is 1. The van der Waals surface area contributed by atoms with Crippen molar-refractivity contribution in [2.75, 3.05) is 12.3 Å². The number of carboxylic acid groups (broad SMARTS) is 1. The minimum atomic E-state index is -0.930. The lowest BCUT2D eigenvalue weighted by Gasteiger charge is -2.35. The predicted molar refractivity (Wildman–Crippen MR) is 245 cm³/mol. The van der Waals surface area contributed by atoms with E-state index in [0.717, 1.165) is 22.1 Å². The molecule has 0 saturated heterocycles. The van der Waals surface area contributed by atoms with E-state index in [2.05, 4.69) is 78.1 Å². The summed E-state index contributed by atoms with van der Waals surface area (Å²) >= 11 is 1.83. The normalized spacial score (nSPS) is 12.7. The van der Waals surface area contributed by atoms with Gasteiger partial charge in [0.2, 0.25) is 5.91 Å². The first kappa shape index (κ1) is 44.5. The van der Waals surface area contributed by atoms with Crippen LogP contribution in [-0.4, -0.2) is 57.3 Å². The van der Waals surface area contributed by atoms with Gasteiger partial charge in [0.1, 0.15) is 12.1 Å². The van der Waals surface area contributed by atoms with Gasteiger partial charge in [-0.1, -0.05) is 159 Å². The first-order valence-corrected chi connectivity index (χ1v) is 21.7. The molecule has 0 aliphatic rings. The molecule has 6 aromatic rings. The van der Waals surface area contributed by atoms with Crippen LogP contribution in [0.5, 0.6) is 0 Å². The smallest absolute Gasteiger partial charge is 0.323 e. The van der Waals surface area contributed by atoms with Crippen molar-refractivity contribution in [3.05, 3.63) is 197 Å². The van der Waals surface area contributed by atoms with Gasteiger partial charge in [0.25, 0.3) is 0 Å². The third-order valence-corrected chi connectivity index (χ3v) is 12.1. The number of allylic oxidation sites excluding steroid dienone is 1. The molecular weight excluding hydrogens is 781 g/mol. The van der Waals surface area contributed by atoms with Crippen LogP contribution < -0.4 is 11.1 Å². The Kier molecular flexibility index (Phi) is 16.0. The Labute approximate surface area is 363 Å². The maximum absolute atomic E-state index is 13.4. The van der Waals surface area contributed by atoms with Crippen LogP contribution in [0.3, 0.4) is 0 Å². The van der Waals surface area contributed by atoms with Crippen molar-refractivity contribution in [2.45, 2.75) is 63.2 Å². The van der Waals surface area contributed by atoms with Crippen molar-refractivity contribution in [3.8, 4) is 0 Å². The first-order chi connectivity index (χ1) is 29.6. The molecule has 10 heteroatoms. The molecule has 314 valence electrons. The molecule has 0 unspecified atom stereocenters. The number of rotatable bonds is 21. The number of hydrogen-bond acceptors (Lipinski definition) is 8. The van der Waals surface area contributed by atoms with Crippen molar-refractivity contribution < 1.29 is 24.2 Å². The van der Waals surface area contributed by atoms with E-state index < -0.39 is 28.8 Å². The zero-order valence-corrected chi connectivity index (χ0v) is 35.5. The van der Waals surface area contributed by atoms with Gasteiger partial charge in [-0.2, -0.15) is 0 Å².